The van der Waals surface area contributed by atoms with Crippen molar-refractivity contribution in [3.05, 3.63) is 16.3 Å². The minimum absolute atomic E-state index is 0.00578. The fraction of sp³-hybridized carbons (Fsp3) is 0.818. The molecule has 0 aromatic carbocycles. The van der Waals surface area contributed by atoms with Crippen LogP contribution in [0.1, 0.15) is 51.8 Å². The molecule has 1 aromatic rings. The summed E-state index contributed by atoms with van der Waals surface area (Å²) in [6, 6.07) is 0. The highest BCUT2D eigenvalue weighted by Gasteiger charge is 2.29. The van der Waals surface area contributed by atoms with Gasteiger partial charge in [0.05, 0.1) is 0 Å². The van der Waals surface area contributed by atoms with E-state index in [1.807, 2.05) is 14.1 Å². The lowest BCUT2D eigenvalue weighted by atomic mass is 9.91. The maximum absolute atomic E-state index is 12.7. The fourth-order valence-electron chi connectivity index (χ4n) is 4.73. The Kier molecular flexibility index (Phi) is 7.56. The van der Waals surface area contributed by atoms with Crippen LogP contribution in [-0.4, -0.2) is 76.2 Å². The zero-order valence-corrected chi connectivity index (χ0v) is 19.5. The summed E-state index contributed by atoms with van der Waals surface area (Å²) in [5.41, 5.74) is -0.175. The van der Waals surface area contributed by atoms with E-state index in [1.165, 1.54) is 4.68 Å². The first-order valence-corrected chi connectivity index (χ1v) is 11.5. The lowest BCUT2D eigenvalue weighted by Crippen LogP contribution is -2.47. The van der Waals surface area contributed by atoms with Gasteiger partial charge in [0, 0.05) is 45.1 Å². The van der Waals surface area contributed by atoms with E-state index in [0.717, 1.165) is 38.1 Å². The minimum atomic E-state index is -0.181. The second-order valence-electron chi connectivity index (χ2n) is 10.1. The van der Waals surface area contributed by atoms with Gasteiger partial charge in [-0.25, -0.2) is 9.48 Å². The number of aryl methyl sites for hydroxylation is 1. The predicted octanol–water partition coefficient (Wildman–Crippen LogP) is 0.714. The maximum atomic E-state index is 12.7. The Bertz CT molecular complexity index is 833. The lowest BCUT2D eigenvalue weighted by molar-refractivity contribution is -0.136. The Morgan fingerprint density at radius 2 is 1.84 bits per heavy atom. The summed E-state index contributed by atoms with van der Waals surface area (Å²) >= 11 is 0. The molecule has 31 heavy (non-hydrogen) atoms. The number of likely N-dealkylation sites (tertiary alicyclic amines) is 1. The number of carbonyl (C=O) groups is 2. The summed E-state index contributed by atoms with van der Waals surface area (Å²) in [7, 11) is 4.06. The van der Waals surface area contributed by atoms with Crippen molar-refractivity contribution in [3.8, 4) is 0 Å². The molecule has 0 aliphatic carbocycles. The molecule has 0 saturated carbocycles. The molecule has 174 valence electrons. The van der Waals surface area contributed by atoms with Crippen LogP contribution in [0, 0.1) is 11.3 Å². The van der Waals surface area contributed by atoms with Crippen LogP contribution in [0.25, 0.3) is 0 Å². The van der Waals surface area contributed by atoms with Crippen molar-refractivity contribution in [2.75, 3.05) is 40.3 Å². The maximum Gasteiger partial charge on any atom is 0.346 e. The summed E-state index contributed by atoms with van der Waals surface area (Å²) in [5.74, 6) is 0.711. The highest BCUT2D eigenvalue weighted by Crippen LogP contribution is 2.19. The number of hydrogen-bond donors (Lipinski definition) is 1. The van der Waals surface area contributed by atoms with E-state index >= 15 is 0 Å². The number of aromatic nitrogens is 3. The Labute approximate surface area is 184 Å². The van der Waals surface area contributed by atoms with Crippen molar-refractivity contribution in [2.24, 2.45) is 11.3 Å². The number of fused-ring (bicyclic) bond motifs is 1. The van der Waals surface area contributed by atoms with Gasteiger partial charge in [-0.3, -0.25) is 14.2 Å². The van der Waals surface area contributed by atoms with Crippen molar-refractivity contribution >= 4 is 11.8 Å². The first-order chi connectivity index (χ1) is 14.7. The van der Waals surface area contributed by atoms with Crippen molar-refractivity contribution in [1.82, 2.24) is 29.5 Å². The van der Waals surface area contributed by atoms with Gasteiger partial charge in [-0.2, -0.15) is 5.10 Å². The van der Waals surface area contributed by atoms with E-state index in [-0.39, 0.29) is 35.4 Å². The van der Waals surface area contributed by atoms with Gasteiger partial charge in [0.2, 0.25) is 11.8 Å². The summed E-state index contributed by atoms with van der Waals surface area (Å²) < 4.78 is 3.03. The molecule has 1 saturated heterocycles. The van der Waals surface area contributed by atoms with Gasteiger partial charge in [0.15, 0.2) is 0 Å². The first-order valence-electron chi connectivity index (χ1n) is 11.5. The minimum Gasteiger partial charge on any atom is -0.355 e. The molecular weight excluding hydrogens is 396 g/mol. The Balaban J connectivity index is 1.48. The second kappa shape index (κ2) is 9.97. The average molecular weight is 435 g/mol. The van der Waals surface area contributed by atoms with E-state index in [9.17, 15) is 14.4 Å². The van der Waals surface area contributed by atoms with Crippen LogP contribution in [0.3, 0.4) is 0 Å². The van der Waals surface area contributed by atoms with E-state index in [2.05, 4.69) is 29.2 Å². The predicted molar refractivity (Wildman–Crippen MR) is 119 cm³/mol. The molecule has 9 heteroatoms. The summed E-state index contributed by atoms with van der Waals surface area (Å²) in [5, 5.41) is 7.50. The number of nitrogens with one attached hydrogen (secondary N) is 1. The van der Waals surface area contributed by atoms with E-state index < -0.39 is 0 Å². The molecule has 0 unspecified atom stereocenters. The van der Waals surface area contributed by atoms with Crippen LogP contribution in [-0.2, 0) is 29.1 Å². The number of amides is 2. The third-order valence-electron chi connectivity index (χ3n) is 6.27. The van der Waals surface area contributed by atoms with Gasteiger partial charge in [-0.1, -0.05) is 20.3 Å². The van der Waals surface area contributed by atoms with Crippen LogP contribution in [0.2, 0.25) is 0 Å². The van der Waals surface area contributed by atoms with Crippen molar-refractivity contribution in [3.63, 3.8) is 0 Å². The van der Waals surface area contributed by atoms with E-state index in [1.54, 1.807) is 9.47 Å². The first kappa shape index (κ1) is 23.5. The molecule has 2 aliphatic heterocycles. The largest absolute Gasteiger partial charge is 0.355 e. The van der Waals surface area contributed by atoms with Crippen molar-refractivity contribution in [1.29, 1.82) is 0 Å². The summed E-state index contributed by atoms with van der Waals surface area (Å²) in [6.45, 7) is 7.58. The SMILES string of the molecule is CN(C)CC(C)(C)CNC(=O)C1CCN(C(=O)Cn2nc3n(c2=O)CCCCC3)CC1. The Morgan fingerprint density at radius 3 is 2.52 bits per heavy atom. The zero-order valence-electron chi connectivity index (χ0n) is 19.5. The number of piperidine rings is 1. The normalized spacial score (nSPS) is 18.0. The Hall–Kier alpha value is -2.16. The van der Waals surface area contributed by atoms with Crippen LogP contribution >= 0.6 is 0 Å². The van der Waals surface area contributed by atoms with Crippen molar-refractivity contribution < 1.29 is 9.59 Å². The van der Waals surface area contributed by atoms with Crippen molar-refractivity contribution in [2.45, 2.75) is 65.5 Å². The summed E-state index contributed by atoms with van der Waals surface area (Å²) in [6.07, 6.45) is 5.22. The Morgan fingerprint density at radius 1 is 1.13 bits per heavy atom. The number of nitrogens with zero attached hydrogens (tertiary/aromatic N) is 5. The van der Waals surface area contributed by atoms with Gasteiger partial charge in [0.25, 0.3) is 0 Å². The highest BCUT2D eigenvalue weighted by molar-refractivity contribution is 5.80. The zero-order chi connectivity index (χ0) is 22.6. The molecule has 9 nitrogen and oxygen atoms in total. The number of rotatable bonds is 7. The third-order valence-corrected chi connectivity index (χ3v) is 6.27. The van der Waals surface area contributed by atoms with Gasteiger partial charge in [0.1, 0.15) is 12.4 Å². The molecule has 0 radical (unpaired) electrons. The molecule has 0 spiro atoms. The topological polar surface area (TPSA) is 92.5 Å². The molecule has 1 N–H and O–H groups in total. The van der Waals surface area contributed by atoms with Gasteiger partial charge in [-0.05, 0) is 45.2 Å². The van der Waals surface area contributed by atoms with Gasteiger partial charge in [-0.15, -0.1) is 0 Å². The molecular formula is C22H38N6O3. The third kappa shape index (κ3) is 6.18. The van der Waals surface area contributed by atoms with E-state index in [4.69, 9.17) is 0 Å². The molecule has 1 fully saturated rings. The lowest BCUT2D eigenvalue weighted by Gasteiger charge is -2.33. The van der Waals surface area contributed by atoms with Crippen LogP contribution in [0.4, 0.5) is 0 Å². The van der Waals surface area contributed by atoms with Gasteiger partial charge < -0.3 is 15.1 Å². The molecule has 3 heterocycles. The highest BCUT2D eigenvalue weighted by atomic mass is 16.2. The standard InChI is InChI=1S/C22H38N6O3/c1-22(2,16-25(3)4)15-23-20(30)17-9-12-26(13-10-17)19(29)14-28-21(31)27-11-7-5-6-8-18(27)24-28/h17H,5-16H2,1-4H3,(H,23,30). The molecule has 3 rings (SSSR count). The van der Waals surface area contributed by atoms with Crippen LogP contribution in [0.15, 0.2) is 4.79 Å². The number of hydrogen-bond acceptors (Lipinski definition) is 5. The fourth-order valence-corrected chi connectivity index (χ4v) is 4.73. The second-order valence-corrected chi connectivity index (χ2v) is 10.1. The quantitative estimate of drug-likeness (QED) is 0.683. The van der Waals surface area contributed by atoms with E-state index in [0.29, 0.717) is 39.0 Å². The molecule has 0 bridgehead atoms. The van der Waals surface area contributed by atoms with Gasteiger partial charge >= 0.3 is 5.69 Å². The molecule has 2 aliphatic rings. The smallest absolute Gasteiger partial charge is 0.346 e. The van der Waals surface area contributed by atoms with Crippen LogP contribution in [0.5, 0.6) is 0 Å². The summed E-state index contributed by atoms with van der Waals surface area (Å²) in [4.78, 5) is 41.8. The van der Waals surface area contributed by atoms with Crippen LogP contribution < -0.4 is 11.0 Å². The number of carbonyl (C=O) groups excluding carboxylic acids is 2. The monoisotopic (exact) mass is 434 g/mol. The molecule has 2 amide bonds. The molecule has 0 atom stereocenters. The molecule has 1 aromatic heterocycles. The average Bonchev–Trinajstić information content (AvgIpc) is 2.87.